The molecule has 0 aromatic rings. The van der Waals surface area contributed by atoms with Gasteiger partial charge in [-0.15, -0.1) is 0 Å². The van der Waals surface area contributed by atoms with E-state index in [1.165, 1.54) is 77.0 Å². The van der Waals surface area contributed by atoms with Gasteiger partial charge in [-0.1, -0.05) is 96.8 Å². The van der Waals surface area contributed by atoms with Crippen molar-refractivity contribution in [1.29, 1.82) is 0 Å². The molecule has 0 aromatic carbocycles. The number of hydrogen-bond acceptors (Lipinski definition) is 4. The number of carbonyl (C=O) groups excluding carboxylic acids is 1. The first kappa shape index (κ1) is 30.7. The summed E-state index contributed by atoms with van der Waals surface area (Å²) in [5.41, 5.74) is 5.30. The van der Waals surface area contributed by atoms with Gasteiger partial charge in [0.05, 0.1) is 0 Å². The molecular formula is C21H44NNaO4S. The number of rotatable bonds is 20. The van der Waals surface area contributed by atoms with Crippen LogP contribution in [0.5, 0.6) is 0 Å². The molecule has 0 aliphatic heterocycles. The number of Topliss-reactive ketones (excluding diaryl/α,β-unsaturated/α-hetero) is 1. The van der Waals surface area contributed by atoms with Gasteiger partial charge in [-0.3, -0.25) is 9.35 Å². The first-order chi connectivity index (χ1) is 12.9. The molecule has 0 spiro atoms. The Morgan fingerprint density at radius 1 is 0.786 bits per heavy atom. The molecule has 7 heteroatoms. The molecule has 28 heavy (non-hydrogen) atoms. The molecule has 5 nitrogen and oxygen atoms in total. The minimum atomic E-state index is -4.22. The van der Waals surface area contributed by atoms with E-state index in [9.17, 15) is 13.2 Å². The summed E-state index contributed by atoms with van der Waals surface area (Å²) in [6.07, 6.45) is 19.3. The van der Waals surface area contributed by atoms with E-state index in [0.29, 0.717) is 6.42 Å². The first-order valence-corrected chi connectivity index (χ1v) is 12.6. The van der Waals surface area contributed by atoms with E-state index >= 15 is 0 Å². The van der Waals surface area contributed by atoms with Crippen LogP contribution in [0.1, 0.15) is 116 Å². The third kappa shape index (κ3) is 19.8. The summed E-state index contributed by atoms with van der Waals surface area (Å²) >= 11 is 0. The summed E-state index contributed by atoms with van der Waals surface area (Å²) in [7, 11) is -4.22. The Hall–Kier alpha value is 0.540. The van der Waals surface area contributed by atoms with Crippen molar-refractivity contribution < 1.29 is 17.8 Å². The molecule has 0 fully saturated rings. The second-order valence-electron chi connectivity index (χ2n) is 7.82. The first-order valence-electron chi connectivity index (χ1n) is 11.1. The molecule has 0 aliphatic rings. The van der Waals surface area contributed by atoms with E-state index < -0.39 is 15.4 Å². The summed E-state index contributed by atoms with van der Waals surface area (Å²) in [6, 6.07) is 0. The van der Waals surface area contributed by atoms with Crippen LogP contribution in [0, 0.1) is 0 Å². The van der Waals surface area contributed by atoms with Crippen molar-refractivity contribution in [2.45, 2.75) is 121 Å². The Morgan fingerprint density at radius 2 is 1.14 bits per heavy atom. The predicted molar refractivity (Wildman–Crippen MR) is 121 cm³/mol. The molecule has 1 unspecified atom stereocenters. The maximum atomic E-state index is 11.8. The molecule has 0 saturated heterocycles. The van der Waals surface area contributed by atoms with Crippen molar-refractivity contribution in [2.75, 3.05) is 6.54 Å². The van der Waals surface area contributed by atoms with Gasteiger partial charge in [0.25, 0.3) is 10.1 Å². The zero-order valence-corrected chi connectivity index (χ0v) is 18.3. The Morgan fingerprint density at radius 3 is 1.46 bits per heavy atom. The standard InChI is InChI=1S/C21H43NO4S.Na.H/c1-2-3-4-5-6-7-8-9-10-11-12-13-14-15-16-17-20(23)18-21(19-22)27(24,25)26;;/h21H,2-19,22H2,1H3,(H,24,25,26);;. The van der Waals surface area contributed by atoms with Crippen molar-refractivity contribution >= 4 is 45.5 Å². The third-order valence-electron chi connectivity index (χ3n) is 5.20. The van der Waals surface area contributed by atoms with E-state index in [1.807, 2.05) is 0 Å². The van der Waals surface area contributed by atoms with E-state index in [1.54, 1.807) is 0 Å². The third-order valence-corrected chi connectivity index (χ3v) is 6.40. The van der Waals surface area contributed by atoms with Crippen LogP contribution in [0.4, 0.5) is 0 Å². The molecule has 0 bridgehead atoms. The van der Waals surface area contributed by atoms with Gasteiger partial charge in [-0.05, 0) is 6.42 Å². The molecular weight excluding hydrogens is 385 g/mol. The van der Waals surface area contributed by atoms with Gasteiger partial charge in [0.15, 0.2) is 0 Å². The zero-order valence-electron chi connectivity index (χ0n) is 17.5. The van der Waals surface area contributed by atoms with Gasteiger partial charge in [-0.2, -0.15) is 8.42 Å². The van der Waals surface area contributed by atoms with Crippen molar-refractivity contribution in [1.82, 2.24) is 0 Å². The normalized spacial score (nSPS) is 12.5. The Labute approximate surface area is 196 Å². The summed E-state index contributed by atoms with van der Waals surface area (Å²) < 4.78 is 31.0. The monoisotopic (exact) mass is 429 g/mol. The van der Waals surface area contributed by atoms with E-state index in [4.69, 9.17) is 10.3 Å². The van der Waals surface area contributed by atoms with Crippen molar-refractivity contribution in [3.63, 3.8) is 0 Å². The molecule has 0 aromatic heterocycles. The number of nitrogens with two attached hydrogens (primary N) is 1. The molecule has 0 heterocycles. The average molecular weight is 430 g/mol. The molecule has 0 radical (unpaired) electrons. The molecule has 164 valence electrons. The molecule has 0 amide bonds. The fourth-order valence-electron chi connectivity index (χ4n) is 3.36. The Bertz CT molecular complexity index is 457. The molecule has 1 atom stereocenters. The van der Waals surface area contributed by atoms with Crippen molar-refractivity contribution in [3.8, 4) is 0 Å². The van der Waals surface area contributed by atoms with Crippen LogP contribution < -0.4 is 5.73 Å². The summed E-state index contributed by atoms with van der Waals surface area (Å²) in [4.78, 5) is 11.8. The van der Waals surface area contributed by atoms with Crippen LogP contribution in [0.15, 0.2) is 0 Å². The van der Waals surface area contributed by atoms with Gasteiger partial charge >= 0.3 is 29.6 Å². The Kier molecular flexibility index (Phi) is 22.8. The molecule has 0 aliphatic carbocycles. The van der Waals surface area contributed by atoms with Gasteiger partial charge in [0.1, 0.15) is 11.0 Å². The van der Waals surface area contributed by atoms with Crippen LogP contribution in [0.25, 0.3) is 0 Å². The topological polar surface area (TPSA) is 97.5 Å². The number of carbonyl (C=O) groups is 1. The summed E-state index contributed by atoms with van der Waals surface area (Å²) in [5.74, 6) is -0.127. The van der Waals surface area contributed by atoms with Gasteiger partial charge in [-0.25, -0.2) is 0 Å². The maximum absolute atomic E-state index is 11.8. The van der Waals surface area contributed by atoms with Gasteiger partial charge in [0, 0.05) is 19.4 Å². The fourth-order valence-corrected chi connectivity index (χ4v) is 4.00. The van der Waals surface area contributed by atoms with E-state index in [0.717, 1.165) is 19.3 Å². The summed E-state index contributed by atoms with van der Waals surface area (Å²) in [5, 5.41) is -1.15. The van der Waals surface area contributed by atoms with Crippen LogP contribution in [-0.4, -0.2) is 60.1 Å². The number of ketones is 1. The molecule has 0 saturated carbocycles. The predicted octanol–water partition coefficient (Wildman–Crippen LogP) is 4.77. The number of hydrogen-bond donors (Lipinski definition) is 2. The zero-order chi connectivity index (χ0) is 20.4. The van der Waals surface area contributed by atoms with E-state index in [2.05, 4.69) is 6.92 Å². The van der Waals surface area contributed by atoms with Crippen LogP contribution in [0.2, 0.25) is 0 Å². The quantitative estimate of drug-likeness (QED) is 0.165. The van der Waals surface area contributed by atoms with Crippen molar-refractivity contribution in [3.05, 3.63) is 0 Å². The minimum absolute atomic E-state index is 0. The van der Waals surface area contributed by atoms with E-state index in [-0.39, 0.29) is 48.3 Å². The van der Waals surface area contributed by atoms with Crippen molar-refractivity contribution in [2.24, 2.45) is 5.73 Å². The second kappa shape index (κ2) is 20.8. The summed E-state index contributed by atoms with van der Waals surface area (Å²) in [6.45, 7) is 2.04. The number of unbranched alkanes of at least 4 members (excludes halogenated alkanes) is 14. The van der Waals surface area contributed by atoms with Crippen LogP contribution in [-0.2, 0) is 14.9 Å². The molecule has 0 rings (SSSR count). The van der Waals surface area contributed by atoms with Crippen LogP contribution >= 0.6 is 0 Å². The fraction of sp³-hybridized carbons (Fsp3) is 0.952. The van der Waals surface area contributed by atoms with Crippen LogP contribution in [0.3, 0.4) is 0 Å². The SMILES string of the molecule is CCCCCCCCCCCCCCCCCC(=O)CC(CN)S(=O)(=O)O.[NaH]. The average Bonchev–Trinajstić information content (AvgIpc) is 2.62. The molecule has 3 N–H and O–H groups in total. The van der Waals surface area contributed by atoms with Gasteiger partial charge < -0.3 is 5.73 Å². The second-order valence-corrected chi connectivity index (χ2v) is 9.51. The Balaban J connectivity index is 0. The van der Waals surface area contributed by atoms with Gasteiger partial charge in [0.2, 0.25) is 0 Å².